The lowest BCUT2D eigenvalue weighted by molar-refractivity contribution is -0.132. The first kappa shape index (κ1) is 29.0. The molecule has 4 rings (SSSR count). The maximum absolute atomic E-state index is 13.5. The molecule has 1 atom stereocenters. The number of ether oxygens (including phenoxy) is 2. The molecule has 1 amide bonds. The number of carbonyl (C=O) groups excluding carboxylic acids is 3. The number of aromatic nitrogens is 1. The Morgan fingerprint density at radius 1 is 1.07 bits per heavy atom. The van der Waals surface area contributed by atoms with Crippen molar-refractivity contribution in [3.05, 3.63) is 81.4 Å². The molecule has 0 saturated carbocycles. The number of amides is 1. The molecule has 40 heavy (non-hydrogen) atoms. The largest absolute Gasteiger partial charge is 0.507 e. The van der Waals surface area contributed by atoms with Crippen molar-refractivity contribution in [2.45, 2.75) is 58.9 Å². The van der Waals surface area contributed by atoms with Crippen molar-refractivity contribution < 1.29 is 29.0 Å². The predicted octanol–water partition coefficient (Wildman–Crippen LogP) is 6.34. The van der Waals surface area contributed by atoms with Crippen LogP contribution in [0.4, 0.5) is 5.13 Å². The van der Waals surface area contributed by atoms with Crippen LogP contribution in [-0.4, -0.2) is 41.5 Å². The number of benzene rings is 2. The minimum Gasteiger partial charge on any atom is -0.507 e. The fourth-order valence-corrected chi connectivity index (χ4v) is 5.49. The second kappa shape index (κ2) is 11.6. The highest BCUT2D eigenvalue weighted by molar-refractivity contribution is 7.17. The van der Waals surface area contributed by atoms with E-state index in [4.69, 9.17) is 9.47 Å². The van der Waals surface area contributed by atoms with Crippen LogP contribution in [-0.2, 0) is 19.7 Å². The first-order chi connectivity index (χ1) is 19.0. The minimum atomic E-state index is -0.953. The molecular weight excluding hydrogens is 528 g/mol. The highest BCUT2D eigenvalue weighted by atomic mass is 32.1. The van der Waals surface area contributed by atoms with Crippen LogP contribution >= 0.6 is 11.3 Å². The second-order valence-electron chi connectivity index (χ2n) is 10.7. The SMILES string of the molecule is CCCCOc1ccc(C(O)=C2C(=O)C(=O)N(c3nc(C)c(C(=O)OC)s3)C2c2ccc(C(C)(C)C)cc2)cc1. The molecule has 0 aliphatic carbocycles. The monoisotopic (exact) mass is 562 g/mol. The van der Waals surface area contributed by atoms with Crippen LogP contribution in [0.2, 0.25) is 0 Å². The van der Waals surface area contributed by atoms with Crippen LogP contribution < -0.4 is 9.64 Å². The van der Waals surface area contributed by atoms with Gasteiger partial charge in [0.05, 0.1) is 31.0 Å². The number of Topliss-reactive ketones (excluding diaryl/α,β-unsaturated/α-hetero) is 1. The summed E-state index contributed by atoms with van der Waals surface area (Å²) in [6.45, 7) is 10.6. The fraction of sp³-hybridized carbons (Fsp3) is 0.355. The van der Waals surface area contributed by atoms with Crippen molar-refractivity contribution >= 4 is 39.9 Å². The van der Waals surface area contributed by atoms with Gasteiger partial charge in [-0.1, -0.05) is 69.7 Å². The van der Waals surface area contributed by atoms with E-state index in [0.717, 1.165) is 29.7 Å². The lowest BCUT2D eigenvalue weighted by atomic mass is 9.85. The van der Waals surface area contributed by atoms with Gasteiger partial charge in [0.2, 0.25) is 0 Å². The highest BCUT2D eigenvalue weighted by Crippen LogP contribution is 2.44. The Morgan fingerprint density at radius 2 is 1.73 bits per heavy atom. The molecule has 1 saturated heterocycles. The van der Waals surface area contributed by atoms with E-state index in [-0.39, 0.29) is 26.8 Å². The third-order valence-corrected chi connectivity index (χ3v) is 7.93. The summed E-state index contributed by atoms with van der Waals surface area (Å²) in [5.74, 6) is -1.90. The predicted molar refractivity (Wildman–Crippen MR) is 155 cm³/mol. The molecule has 3 aromatic rings. The summed E-state index contributed by atoms with van der Waals surface area (Å²) in [5, 5.41) is 11.6. The molecule has 210 valence electrons. The Balaban J connectivity index is 1.84. The number of methoxy groups -OCH3 is 1. The Bertz CT molecular complexity index is 1450. The fourth-order valence-electron chi connectivity index (χ4n) is 4.48. The number of unbranched alkanes of at least 4 members (excludes halogenated alkanes) is 1. The maximum Gasteiger partial charge on any atom is 0.350 e. The smallest absolute Gasteiger partial charge is 0.350 e. The number of hydrogen-bond acceptors (Lipinski definition) is 8. The number of ketones is 1. The number of hydrogen-bond donors (Lipinski definition) is 1. The minimum absolute atomic E-state index is 0.0550. The van der Waals surface area contributed by atoms with Crippen molar-refractivity contribution in [2.24, 2.45) is 0 Å². The van der Waals surface area contributed by atoms with E-state index in [1.807, 2.05) is 24.3 Å². The number of aliphatic hydroxyl groups excluding tert-OH is 1. The molecule has 0 radical (unpaired) electrons. The van der Waals surface area contributed by atoms with Crippen LogP contribution in [0.1, 0.15) is 78.6 Å². The summed E-state index contributed by atoms with van der Waals surface area (Å²) in [5.41, 5.74) is 2.30. The molecule has 1 aliphatic heterocycles. The van der Waals surface area contributed by atoms with Crippen LogP contribution in [0.3, 0.4) is 0 Å². The summed E-state index contributed by atoms with van der Waals surface area (Å²) >= 11 is 0.968. The first-order valence-corrected chi connectivity index (χ1v) is 14.0. The van der Waals surface area contributed by atoms with E-state index in [0.29, 0.717) is 29.2 Å². The summed E-state index contributed by atoms with van der Waals surface area (Å²) in [4.78, 5) is 45.2. The van der Waals surface area contributed by atoms with Gasteiger partial charge in [-0.15, -0.1) is 0 Å². The van der Waals surface area contributed by atoms with E-state index in [1.54, 1.807) is 31.2 Å². The molecular formula is C31H34N2O6S. The molecule has 1 unspecified atom stereocenters. The number of aliphatic hydroxyl groups is 1. The summed E-state index contributed by atoms with van der Waals surface area (Å²) in [7, 11) is 1.27. The van der Waals surface area contributed by atoms with Gasteiger partial charge in [-0.05, 0) is 54.2 Å². The van der Waals surface area contributed by atoms with E-state index >= 15 is 0 Å². The van der Waals surface area contributed by atoms with Gasteiger partial charge in [0.15, 0.2) is 5.13 Å². The molecule has 9 heteroatoms. The van der Waals surface area contributed by atoms with Crippen LogP contribution in [0, 0.1) is 6.92 Å². The molecule has 1 aliphatic rings. The van der Waals surface area contributed by atoms with Crippen LogP contribution in [0.15, 0.2) is 54.1 Å². The average Bonchev–Trinajstić information content (AvgIpc) is 3.44. The van der Waals surface area contributed by atoms with Crippen molar-refractivity contribution in [3.8, 4) is 5.75 Å². The normalized spacial score (nSPS) is 16.9. The van der Waals surface area contributed by atoms with E-state index in [2.05, 4.69) is 32.7 Å². The lowest BCUT2D eigenvalue weighted by Gasteiger charge is -2.24. The number of nitrogens with zero attached hydrogens (tertiary/aromatic N) is 2. The molecule has 2 aromatic carbocycles. The third-order valence-electron chi connectivity index (χ3n) is 6.79. The standard InChI is InChI=1S/C31H34N2O6S/c1-7-8-17-39-22-15-11-20(12-16-22)25(34)23-24(19-9-13-21(14-10-19)31(3,4)5)33(28(36)26(23)35)30-32-18(2)27(40-30)29(37)38-6/h9-16,24,34H,7-8,17H2,1-6H3. The molecule has 0 spiro atoms. The molecule has 1 aromatic heterocycles. The third kappa shape index (κ3) is 5.65. The van der Waals surface area contributed by atoms with Gasteiger partial charge in [-0.25, -0.2) is 9.78 Å². The van der Waals surface area contributed by atoms with Crippen molar-refractivity contribution in [1.82, 2.24) is 4.98 Å². The van der Waals surface area contributed by atoms with Crippen LogP contribution in [0.5, 0.6) is 5.75 Å². The summed E-state index contributed by atoms with van der Waals surface area (Å²) in [6, 6.07) is 13.4. The highest BCUT2D eigenvalue weighted by Gasteiger charge is 2.48. The van der Waals surface area contributed by atoms with Crippen molar-refractivity contribution in [2.75, 3.05) is 18.6 Å². The van der Waals surface area contributed by atoms with E-state index in [1.165, 1.54) is 12.0 Å². The molecule has 8 nitrogen and oxygen atoms in total. The second-order valence-corrected chi connectivity index (χ2v) is 11.6. The number of anilines is 1. The summed E-state index contributed by atoms with van der Waals surface area (Å²) in [6.07, 6.45) is 1.93. The van der Waals surface area contributed by atoms with Gasteiger partial charge in [-0.3, -0.25) is 14.5 Å². The molecule has 2 heterocycles. The Hall–Kier alpha value is -3.98. The number of carbonyl (C=O) groups is 3. The Morgan fingerprint density at radius 3 is 2.30 bits per heavy atom. The maximum atomic E-state index is 13.5. The zero-order valence-electron chi connectivity index (χ0n) is 23.6. The molecule has 0 bridgehead atoms. The van der Waals surface area contributed by atoms with Gasteiger partial charge in [0.25, 0.3) is 5.78 Å². The number of esters is 1. The van der Waals surface area contributed by atoms with Gasteiger partial charge in [0.1, 0.15) is 16.4 Å². The molecule has 1 fully saturated rings. The number of aryl methyl sites for hydroxylation is 1. The van der Waals surface area contributed by atoms with Crippen LogP contribution in [0.25, 0.3) is 5.76 Å². The summed E-state index contributed by atoms with van der Waals surface area (Å²) < 4.78 is 10.6. The van der Waals surface area contributed by atoms with Gasteiger partial charge in [-0.2, -0.15) is 0 Å². The molecule has 1 N–H and O–H groups in total. The first-order valence-electron chi connectivity index (χ1n) is 13.2. The number of thiazole rings is 1. The van der Waals surface area contributed by atoms with Crippen molar-refractivity contribution in [3.63, 3.8) is 0 Å². The van der Waals surface area contributed by atoms with Crippen molar-refractivity contribution in [1.29, 1.82) is 0 Å². The average molecular weight is 563 g/mol. The quantitative estimate of drug-likeness (QED) is 0.112. The van der Waals surface area contributed by atoms with E-state index < -0.39 is 23.7 Å². The zero-order chi connectivity index (χ0) is 29.2. The Kier molecular flexibility index (Phi) is 8.44. The zero-order valence-corrected chi connectivity index (χ0v) is 24.4. The van der Waals surface area contributed by atoms with E-state index in [9.17, 15) is 19.5 Å². The lowest BCUT2D eigenvalue weighted by Crippen LogP contribution is -2.29. The van der Waals surface area contributed by atoms with Gasteiger partial charge >= 0.3 is 11.9 Å². The number of rotatable bonds is 8. The van der Waals surface area contributed by atoms with Gasteiger partial charge in [0, 0.05) is 5.56 Å². The Labute approximate surface area is 238 Å². The van der Waals surface area contributed by atoms with Gasteiger partial charge < -0.3 is 14.6 Å². The topological polar surface area (TPSA) is 106 Å².